The highest BCUT2D eigenvalue weighted by atomic mass is 35.5. The molecule has 20 heavy (non-hydrogen) atoms. The van der Waals surface area contributed by atoms with Crippen LogP contribution in [0.25, 0.3) is 0 Å². The van der Waals surface area contributed by atoms with Crippen molar-refractivity contribution in [3.05, 3.63) is 47.2 Å². The van der Waals surface area contributed by atoms with Crippen LogP contribution < -0.4 is 10.1 Å². The van der Waals surface area contributed by atoms with Gasteiger partial charge in [-0.05, 0) is 18.6 Å². The number of halogens is 1. The minimum Gasteiger partial charge on any atom is -0.464 e. The van der Waals surface area contributed by atoms with Crippen molar-refractivity contribution in [2.45, 2.75) is 13.3 Å². The van der Waals surface area contributed by atoms with Crippen LogP contribution in [-0.2, 0) is 11.2 Å². The van der Waals surface area contributed by atoms with Crippen molar-refractivity contribution in [3.63, 3.8) is 0 Å². The molecular weight excluding hydrogens is 278 g/mol. The van der Waals surface area contributed by atoms with Crippen molar-refractivity contribution >= 4 is 23.2 Å². The minimum atomic E-state index is -0.175. The molecule has 1 heterocycles. The van der Waals surface area contributed by atoms with E-state index in [0.29, 0.717) is 17.3 Å². The molecule has 0 spiro atoms. The Balaban J connectivity index is 1.96. The van der Waals surface area contributed by atoms with Crippen molar-refractivity contribution in [2.24, 2.45) is 0 Å². The quantitative estimate of drug-likeness (QED) is 0.920. The van der Waals surface area contributed by atoms with Crippen LogP contribution in [0, 0.1) is 0 Å². The summed E-state index contributed by atoms with van der Waals surface area (Å²) in [6, 6.07) is 7.52. The van der Waals surface area contributed by atoms with Gasteiger partial charge in [0.1, 0.15) is 0 Å². The largest absolute Gasteiger partial charge is 0.464 e. The Kier molecular flexibility index (Phi) is 4.90. The fourth-order valence-corrected chi connectivity index (χ4v) is 1.81. The van der Waals surface area contributed by atoms with Gasteiger partial charge in [0.25, 0.3) is 0 Å². The number of nitrogens with one attached hydrogen (secondary N) is 1. The van der Waals surface area contributed by atoms with Crippen LogP contribution in [0.1, 0.15) is 12.5 Å². The summed E-state index contributed by atoms with van der Waals surface area (Å²) in [5, 5.41) is 3.28. The van der Waals surface area contributed by atoms with Gasteiger partial charge in [-0.1, -0.05) is 29.8 Å². The molecule has 5 nitrogen and oxygen atoms in total. The normalized spacial score (nSPS) is 10.1. The summed E-state index contributed by atoms with van der Waals surface area (Å²) >= 11 is 6.01. The summed E-state index contributed by atoms with van der Waals surface area (Å²) in [4.78, 5) is 19.8. The zero-order valence-corrected chi connectivity index (χ0v) is 11.7. The molecule has 0 saturated heterocycles. The fourth-order valence-electron chi connectivity index (χ4n) is 1.60. The van der Waals surface area contributed by atoms with E-state index < -0.39 is 0 Å². The molecule has 1 aromatic heterocycles. The number of nitrogens with zero attached hydrogens (tertiary/aromatic N) is 2. The van der Waals surface area contributed by atoms with Crippen LogP contribution in [0.5, 0.6) is 6.01 Å². The number of anilines is 1. The highest BCUT2D eigenvalue weighted by Crippen LogP contribution is 2.16. The summed E-state index contributed by atoms with van der Waals surface area (Å²) in [5.41, 5.74) is 1.30. The zero-order chi connectivity index (χ0) is 14.4. The number of benzene rings is 1. The minimum absolute atomic E-state index is 0.175. The van der Waals surface area contributed by atoms with Crippen molar-refractivity contribution < 1.29 is 9.53 Å². The Hall–Kier alpha value is -2.14. The van der Waals surface area contributed by atoms with E-state index >= 15 is 0 Å². The first-order valence-electron chi connectivity index (χ1n) is 6.17. The molecule has 1 N–H and O–H groups in total. The Morgan fingerprint density at radius 1 is 1.30 bits per heavy atom. The number of aromatic nitrogens is 2. The van der Waals surface area contributed by atoms with E-state index in [9.17, 15) is 4.79 Å². The SMILES string of the molecule is CCOc1ncc(NC(=O)Cc2ccccc2Cl)cn1. The number of hydrogen-bond acceptors (Lipinski definition) is 4. The Bertz CT molecular complexity index is 587. The van der Waals surface area contributed by atoms with Crippen LogP contribution in [0.2, 0.25) is 5.02 Å². The lowest BCUT2D eigenvalue weighted by molar-refractivity contribution is -0.115. The standard InChI is InChI=1S/C14H14ClN3O2/c1-2-20-14-16-8-11(9-17-14)18-13(19)7-10-5-3-4-6-12(10)15/h3-6,8-9H,2,7H2,1H3,(H,18,19). The van der Waals surface area contributed by atoms with Crippen molar-refractivity contribution in [1.29, 1.82) is 0 Å². The van der Waals surface area contributed by atoms with Gasteiger partial charge in [0.05, 0.1) is 31.1 Å². The van der Waals surface area contributed by atoms with Gasteiger partial charge in [-0.3, -0.25) is 4.79 Å². The molecule has 0 aliphatic carbocycles. The fraction of sp³-hybridized carbons (Fsp3) is 0.214. The van der Waals surface area contributed by atoms with E-state index in [0.717, 1.165) is 5.56 Å². The predicted octanol–water partition coefficient (Wildman–Crippen LogP) is 2.71. The van der Waals surface area contributed by atoms with Gasteiger partial charge < -0.3 is 10.1 Å². The van der Waals surface area contributed by atoms with E-state index in [1.54, 1.807) is 6.07 Å². The van der Waals surface area contributed by atoms with E-state index in [1.807, 2.05) is 25.1 Å². The van der Waals surface area contributed by atoms with Gasteiger partial charge >= 0.3 is 6.01 Å². The van der Waals surface area contributed by atoms with Crippen LogP contribution >= 0.6 is 11.6 Å². The summed E-state index contributed by atoms with van der Waals surface area (Å²) in [5.74, 6) is -0.175. The molecule has 0 fully saturated rings. The third-order valence-corrected chi connectivity index (χ3v) is 2.86. The monoisotopic (exact) mass is 291 g/mol. The zero-order valence-electron chi connectivity index (χ0n) is 11.0. The molecule has 0 aliphatic rings. The second kappa shape index (κ2) is 6.86. The van der Waals surface area contributed by atoms with Gasteiger partial charge in [0, 0.05) is 5.02 Å². The van der Waals surface area contributed by atoms with Gasteiger partial charge in [-0.25, -0.2) is 9.97 Å². The molecule has 0 radical (unpaired) electrons. The molecule has 2 aromatic rings. The number of carbonyl (C=O) groups is 1. The first-order valence-corrected chi connectivity index (χ1v) is 6.55. The van der Waals surface area contributed by atoms with Crippen LogP contribution in [-0.4, -0.2) is 22.5 Å². The molecular formula is C14H14ClN3O2. The van der Waals surface area contributed by atoms with Crippen LogP contribution in [0.3, 0.4) is 0 Å². The average Bonchev–Trinajstić information content (AvgIpc) is 2.44. The number of carbonyl (C=O) groups excluding carboxylic acids is 1. The lowest BCUT2D eigenvalue weighted by atomic mass is 10.1. The Labute approximate surface area is 122 Å². The maximum absolute atomic E-state index is 11.9. The third kappa shape index (κ3) is 3.93. The molecule has 0 saturated carbocycles. The molecule has 0 aliphatic heterocycles. The summed E-state index contributed by atoms with van der Waals surface area (Å²) in [7, 11) is 0. The first kappa shape index (κ1) is 14.3. The van der Waals surface area contributed by atoms with Crippen LogP contribution in [0.15, 0.2) is 36.7 Å². The number of hydrogen-bond donors (Lipinski definition) is 1. The molecule has 1 amide bonds. The molecule has 0 bridgehead atoms. The van der Waals surface area contributed by atoms with Crippen molar-refractivity contribution in [3.8, 4) is 6.01 Å². The number of amides is 1. The summed E-state index contributed by atoms with van der Waals surface area (Å²) in [6.45, 7) is 2.35. The van der Waals surface area contributed by atoms with E-state index in [4.69, 9.17) is 16.3 Å². The molecule has 2 rings (SSSR count). The van der Waals surface area contributed by atoms with Gasteiger partial charge in [0.2, 0.25) is 5.91 Å². The van der Waals surface area contributed by atoms with Gasteiger partial charge in [-0.15, -0.1) is 0 Å². The maximum atomic E-state index is 11.9. The third-order valence-electron chi connectivity index (χ3n) is 2.49. The molecule has 0 atom stereocenters. The second-order valence-electron chi connectivity index (χ2n) is 4.00. The number of ether oxygens (including phenoxy) is 1. The van der Waals surface area contributed by atoms with Crippen molar-refractivity contribution in [2.75, 3.05) is 11.9 Å². The highest BCUT2D eigenvalue weighted by molar-refractivity contribution is 6.31. The lowest BCUT2D eigenvalue weighted by Crippen LogP contribution is -2.15. The molecule has 1 aromatic carbocycles. The molecule has 6 heteroatoms. The topological polar surface area (TPSA) is 64.1 Å². The van der Waals surface area contributed by atoms with Crippen LogP contribution in [0.4, 0.5) is 5.69 Å². The second-order valence-corrected chi connectivity index (χ2v) is 4.41. The van der Waals surface area contributed by atoms with Gasteiger partial charge in [0.15, 0.2) is 0 Å². The lowest BCUT2D eigenvalue weighted by Gasteiger charge is -2.06. The summed E-state index contributed by atoms with van der Waals surface area (Å²) in [6.07, 6.45) is 3.21. The predicted molar refractivity (Wildman–Crippen MR) is 77.0 cm³/mol. The highest BCUT2D eigenvalue weighted by Gasteiger charge is 2.07. The number of rotatable bonds is 5. The van der Waals surface area contributed by atoms with E-state index in [-0.39, 0.29) is 18.3 Å². The smallest absolute Gasteiger partial charge is 0.316 e. The van der Waals surface area contributed by atoms with Gasteiger partial charge in [-0.2, -0.15) is 0 Å². The average molecular weight is 292 g/mol. The summed E-state index contributed by atoms with van der Waals surface area (Å²) < 4.78 is 5.12. The van der Waals surface area contributed by atoms with E-state index in [1.165, 1.54) is 12.4 Å². The molecule has 0 unspecified atom stereocenters. The Morgan fingerprint density at radius 3 is 2.65 bits per heavy atom. The molecule has 104 valence electrons. The maximum Gasteiger partial charge on any atom is 0.316 e. The first-order chi connectivity index (χ1) is 9.69. The van der Waals surface area contributed by atoms with E-state index in [2.05, 4.69) is 15.3 Å². The Morgan fingerprint density at radius 2 is 2.00 bits per heavy atom. The van der Waals surface area contributed by atoms with Crippen molar-refractivity contribution in [1.82, 2.24) is 9.97 Å².